The van der Waals surface area contributed by atoms with Gasteiger partial charge in [0.05, 0.1) is 4.90 Å². The monoisotopic (exact) mass is 452 g/mol. The zero-order valence-corrected chi connectivity index (χ0v) is 18.8. The van der Waals surface area contributed by atoms with Gasteiger partial charge in [0.25, 0.3) is 0 Å². The predicted molar refractivity (Wildman–Crippen MR) is 123 cm³/mol. The lowest BCUT2D eigenvalue weighted by Crippen LogP contribution is -2.27. The number of hydrogen-bond donors (Lipinski definition) is 1. The van der Waals surface area contributed by atoms with Gasteiger partial charge >= 0.3 is 0 Å². The van der Waals surface area contributed by atoms with E-state index in [4.69, 9.17) is 0 Å². The van der Waals surface area contributed by atoms with Crippen LogP contribution in [0.2, 0.25) is 0 Å². The second-order valence-corrected chi connectivity index (χ2v) is 9.85. The molecule has 0 unspecified atom stereocenters. The van der Waals surface area contributed by atoms with Gasteiger partial charge in [-0.2, -0.15) is 0 Å². The maximum Gasteiger partial charge on any atom is 0.240 e. The molecule has 0 atom stereocenters. The van der Waals surface area contributed by atoms with Gasteiger partial charge in [-0.1, -0.05) is 26.0 Å². The summed E-state index contributed by atoms with van der Waals surface area (Å²) in [5.74, 6) is 0.780. The fourth-order valence-corrected chi connectivity index (χ4v) is 4.66. The smallest absolute Gasteiger partial charge is 0.240 e. The summed E-state index contributed by atoms with van der Waals surface area (Å²) in [7, 11) is -3.65. The SMILES string of the molecule is CC(C)Cc1ccc(S(=O)(=O)NCCn2c(-c3ccc(F)cc3)nc3cccnc32)cc1. The number of aromatic nitrogens is 3. The Morgan fingerprint density at radius 3 is 2.44 bits per heavy atom. The minimum absolute atomic E-state index is 0.159. The van der Waals surface area contributed by atoms with Crippen LogP contribution in [-0.2, 0) is 23.0 Å². The summed E-state index contributed by atoms with van der Waals surface area (Å²) in [4.78, 5) is 9.25. The minimum atomic E-state index is -3.65. The Morgan fingerprint density at radius 1 is 1.03 bits per heavy atom. The third kappa shape index (κ3) is 4.87. The van der Waals surface area contributed by atoms with Gasteiger partial charge in [-0.15, -0.1) is 0 Å². The number of fused-ring (bicyclic) bond motifs is 1. The van der Waals surface area contributed by atoms with Crippen molar-refractivity contribution in [3.63, 3.8) is 0 Å². The average molecular weight is 453 g/mol. The molecule has 2 aromatic heterocycles. The summed E-state index contributed by atoms with van der Waals surface area (Å²) in [5.41, 5.74) is 3.17. The van der Waals surface area contributed by atoms with Crippen molar-refractivity contribution >= 4 is 21.2 Å². The quantitative estimate of drug-likeness (QED) is 0.430. The van der Waals surface area contributed by atoms with Gasteiger partial charge in [0.2, 0.25) is 10.0 Å². The van der Waals surface area contributed by atoms with E-state index < -0.39 is 10.0 Å². The number of benzene rings is 2. The first kappa shape index (κ1) is 22.1. The van der Waals surface area contributed by atoms with Crippen LogP contribution in [0.25, 0.3) is 22.6 Å². The third-order valence-corrected chi connectivity index (χ3v) is 6.59. The van der Waals surface area contributed by atoms with Gasteiger partial charge in [-0.3, -0.25) is 0 Å². The summed E-state index contributed by atoms with van der Waals surface area (Å²) < 4.78 is 43.4. The van der Waals surface area contributed by atoms with Crippen molar-refractivity contribution in [3.8, 4) is 11.4 Å². The highest BCUT2D eigenvalue weighted by Gasteiger charge is 2.17. The number of rotatable bonds is 8. The lowest BCUT2D eigenvalue weighted by Gasteiger charge is -2.11. The molecule has 8 heteroatoms. The van der Waals surface area contributed by atoms with E-state index in [0.717, 1.165) is 17.5 Å². The van der Waals surface area contributed by atoms with Crippen molar-refractivity contribution in [1.29, 1.82) is 0 Å². The predicted octanol–water partition coefficient (Wildman–Crippen LogP) is 4.41. The van der Waals surface area contributed by atoms with E-state index in [0.29, 0.717) is 29.5 Å². The molecule has 0 radical (unpaired) electrons. The molecule has 0 amide bonds. The average Bonchev–Trinajstić information content (AvgIpc) is 3.13. The molecule has 0 aliphatic heterocycles. The van der Waals surface area contributed by atoms with Crippen molar-refractivity contribution in [2.24, 2.45) is 5.92 Å². The molecular formula is C24H25FN4O2S. The zero-order valence-electron chi connectivity index (χ0n) is 18.0. The molecule has 0 saturated carbocycles. The molecule has 0 aliphatic carbocycles. The van der Waals surface area contributed by atoms with Crippen molar-refractivity contribution in [2.75, 3.05) is 6.54 Å². The standard InChI is InChI=1S/C24H25FN4O2S/c1-17(2)16-18-5-11-21(12-6-18)32(30,31)27-14-15-29-23(19-7-9-20(25)10-8-19)28-22-4-3-13-26-24(22)29/h3-13,17,27H,14-16H2,1-2H3. The molecule has 2 aromatic carbocycles. The van der Waals surface area contributed by atoms with Gasteiger partial charge in [-0.25, -0.2) is 27.5 Å². The molecule has 0 saturated heterocycles. The van der Waals surface area contributed by atoms with E-state index >= 15 is 0 Å². The van der Waals surface area contributed by atoms with Gasteiger partial charge in [-0.05, 0) is 66.4 Å². The molecule has 0 spiro atoms. The van der Waals surface area contributed by atoms with Crippen LogP contribution in [0.1, 0.15) is 19.4 Å². The van der Waals surface area contributed by atoms with Gasteiger partial charge in [0, 0.05) is 24.8 Å². The number of pyridine rings is 1. The number of nitrogens with one attached hydrogen (secondary N) is 1. The van der Waals surface area contributed by atoms with Gasteiger partial charge < -0.3 is 4.57 Å². The Bertz CT molecular complexity index is 1310. The van der Waals surface area contributed by atoms with Crippen LogP contribution in [-0.4, -0.2) is 29.5 Å². The first-order valence-corrected chi connectivity index (χ1v) is 12.0. The van der Waals surface area contributed by atoms with Crippen LogP contribution in [0.5, 0.6) is 0 Å². The molecule has 0 fully saturated rings. The number of halogens is 1. The topological polar surface area (TPSA) is 76.9 Å². The summed E-state index contributed by atoms with van der Waals surface area (Å²) in [6.07, 6.45) is 2.57. The zero-order chi connectivity index (χ0) is 22.7. The summed E-state index contributed by atoms with van der Waals surface area (Å²) in [6, 6.07) is 16.7. The molecule has 0 bridgehead atoms. The van der Waals surface area contributed by atoms with Crippen molar-refractivity contribution in [2.45, 2.75) is 31.7 Å². The largest absolute Gasteiger partial charge is 0.307 e. The number of nitrogens with zero attached hydrogens (tertiary/aromatic N) is 3. The van der Waals surface area contributed by atoms with Crippen LogP contribution in [0.15, 0.2) is 71.8 Å². The van der Waals surface area contributed by atoms with E-state index in [1.807, 2.05) is 22.8 Å². The summed E-state index contributed by atoms with van der Waals surface area (Å²) in [5, 5.41) is 0. The van der Waals surface area contributed by atoms with Crippen LogP contribution >= 0.6 is 0 Å². The second-order valence-electron chi connectivity index (χ2n) is 8.08. The lowest BCUT2D eigenvalue weighted by atomic mass is 10.0. The maximum absolute atomic E-state index is 13.4. The number of hydrogen-bond acceptors (Lipinski definition) is 4. The fourth-order valence-electron chi connectivity index (χ4n) is 3.64. The summed E-state index contributed by atoms with van der Waals surface area (Å²) >= 11 is 0. The molecule has 0 aliphatic rings. The van der Waals surface area contributed by atoms with Crippen LogP contribution in [0.4, 0.5) is 4.39 Å². The van der Waals surface area contributed by atoms with Crippen molar-refractivity contribution < 1.29 is 12.8 Å². The summed E-state index contributed by atoms with van der Waals surface area (Å²) in [6.45, 7) is 4.74. The second kappa shape index (κ2) is 9.18. The lowest BCUT2D eigenvalue weighted by molar-refractivity contribution is 0.574. The van der Waals surface area contributed by atoms with E-state index in [-0.39, 0.29) is 17.3 Å². The highest BCUT2D eigenvalue weighted by Crippen LogP contribution is 2.24. The molecule has 6 nitrogen and oxygen atoms in total. The Balaban J connectivity index is 1.54. The Morgan fingerprint density at radius 2 is 1.75 bits per heavy atom. The fraction of sp³-hybridized carbons (Fsp3) is 0.250. The Kier molecular flexibility index (Phi) is 6.34. The molecule has 2 heterocycles. The van der Waals surface area contributed by atoms with E-state index in [1.165, 1.54) is 12.1 Å². The van der Waals surface area contributed by atoms with Crippen LogP contribution in [0, 0.1) is 11.7 Å². The Labute approximate surface area is 187 Å². The highest BCUT2D eigenvalue weighted by molar-refractivity contribution is 7.89. The first-order chi connectivity index (χ1) is 15.3. The third-order valence-electron chi connectivity index (χ3n) is 5.11. The van der Waals surface area contributed by atoms with Crippen LogP contribution in [0.3, 0.4) is 0 Å². The number of imidazole rings is 1. The number of sulfonamides is 1. The molecule has 166 valence electrons. The molecular weight excluding hydrogens is 427 g/mol. The first-order valence-electron chi connectivity index (χ1n) is 10.5. The Hall–Kier alpha value is -3.10. The highest BCUT2D eigenvalue weighted by atomic mass is 32.2. The molecule has 32 heavy (non-hydrogen) atoms. The van der Waals surface area contributed by atoms with Crippen molar-refractivity contribution in [1.82, 2.24) is 19.3 Å². The van der Waals surface area contributed by atoms with E-state index in [2.05, 4.69) is 28.5 Å². The van der Waals surface area contributed by atoms with E-state index in [1.54, 1.807) is 36.5 Å². The minimum Gasteiger partial charge on any atom is -0.307 e. The van der Waals surface area contributed by atoms with Gasteiger partial charge in [0.1, 0.15) is 17.2 Å². The van der Waals surface area contributed by atoms with Gasteiger partial charge in [0.15, 0.2) is 5.65 Å². The molecule has 1 N–H and O–H groups in total. The maximum atomic E-state index is 13.4. The van der Waals surface area contributed by atoms with Crippen molar-refractivity contribution in [3.05, 3.63) is 78.2 Å². The molecule has 4 rings (SSSR count). The molecule has 4 aromatic rings. The van der Waals surface area contributed by atoms with E-state index in [9.17, 15) is 12.8 Å². The normalized spacial score (nSPS) is 12.0. The van der Waals surface area contributed by atoms with Crippen LogP contribution < -0.4 is 4.72 Å².